The van der Waals surface area contributed by atoms with Crippen LogP contribution in [-0.2, 0) is 9.53 Å². The number of carbonyl (C=O) groups excluding carboxylic acids is 1. The predicted octanol–water partition coefficient (Wildman–Crippen LogP) is 0.997. The van der Waals surface area contributed by atoms with Gasteiger partial charge in [-0.25, -0.2) is 0 Å². The number of nitrogens with zero attached hydrogens (tertiary/aromatic N) is 1. The van der Waals surface area contributed by atoms with Crippen LogP contribution < -0.4 is 5.73 Å². The van der Waals surface area contributed by atoms with Gasteiger partial charge in [-0.15, -0.1) is 0 Å². The van der Waals surface area contributed by atoms with Gasteiger partial charge in [0, 0.05) is 19.6 Å². The average Bonchev–Trinajstić information content (AvgIpc) is 2.73. The van der Waals surface area contributed by atoms with E-state index < -0.39 is 0 Å². The normalized spacial score (nSPS) is 25.1. The topological polar surface area (TPSA) is 55.6 Å². The van der Waals surface area contributed by atoms with Crippen LogP contribution in [-0.4, -0.2) is 42.6 Å². The monoisotopic (exact) mass is 228 g/mol. The molecule has 2 atom stereocenters. The van der Waals surface area contributed by atoms with Gasteiger partial charge in [-0.1, -0.05) is 13.8 Å². The van der Waals surface area contributed by atoms with E-state index in [0.29, 0.717) is 12.5 Å². The molecule has 1 aliphatic rings. The van der Waals surface area contributed by atoms with Crippen LogP contribution in [0.4, 0.5) is 0 Å². The fourth-order valence-electron chi connectivity index (χ4n) is 2.08. The maximum Gasteiger partial charge on any atom is 0.251 e. The fraction of sp³-hybridized carbons (Fsp3) is 0.917. The van der Waals surface area contributed by atoms with Gasteiger partial charge in [0.25, 0.3) is 5.91 Å². The van der Waals surface area contributed by atoms with Gasteiger partial charge in [0.1, 0.15) is 6.10 Å². The molecule has 1 amide bonds. The lowest BCUT2D eigenvalue weighted by Gasteiger charge is -2.25. The van der Waals surface area contributed by atoms with Gasteiger partial charge in [-0.3, -0.25) is 4.79 Å². The highest BCUT2D eigenvalue weighted by molar-refractivity contribution is 5.81. The van der Waals surface area contributed by atoms with E-state index in [1.807, 2.05) is 11.8 Å². The van der Waals surface area contributed by atoms with E-state index in [1.165, 1.54) is 0 Å². The lowest BCUT2D eigenvalue weighted by Crippen LogP contribution is -2.41. The summed E-state index contributed by atoms with van der Waals surface area (Å²) in [6, 6.07) is 0. The highest BCUT2D eigenvalue weighted by Crippen LogP contribution is 2.21. The Morgan fingerprint density at radius 3 is 2.62 bits per heavy atom. The first-order valence-corrected chi connectivity index (χ1v) is 6.22. The second-order valence-corrected chi connectivity index (χ2v) is 4.83. The molecule has 2 N–H and O–H groups in total. The molecule has 0 saturated carbocycles. The van der Waals surface area contributed by atoms with Crippen LogP contribution in [0.1, 0.15) is 33.6 Å². The number of likely N-dealkylation sites (N-methyl/N-ethyl adjacent to an activating group) is 1. The van der Waals surface area contributed by atoms with E-state index in [4.69, 9.17) is 10.5 Å². The van der Waals surface area contributed by atoms with E-state index in [2.05, 4.69) is 13.8 Å². The molecule has 0 aromatic rings. The SMILES string of the molecule is CCN(CC(C)C)C(=O)C1CCC(CN)O1. The molecule has 0 spiro atoms. The van der Waals surface area contributed by atoms with Crippen molar-refractivity contribution in [2.45, 2.75) is 45.8 Å². The first-order valence-electron chi connectivity index (χ1n) is 6.22. The second kappa shape index (κ2) is 6.21. The molecule has 0 aliphatic carbocycles. The first-order chi connectivity index (χ1) is 7.58. The number of hydrogen-bond acceptors (Lipinski definition) is 3. The van der Waals surface area contributed by atoms with Crippen molar-refractivity contribution >= 4 is 5.91 Å². The number of rotatable bonds is 5. The van der Waals surface area contributed by atoms with Crippen LogP contribution in [0.15, 0.2) is 0 Å². The number of nitrogens with two attached hydrogens (primary N) is 1. The molecule has 0 bridgehead atoms. The molecule has 0 aromatic carbocycles. The van der Waals surface area contributed by atoms with Crippen LogP contribution in [0.2, 0.25) is 0 Å². The summed E-state index contributed by atoms with van der Waals surface area (Å²) in [5, 5.41) is 0. The average molecular weight is 228 g/mol. The van der Waals surface area contributed by atoms with E-state index >= 15 is 0 Å². The maximum atomic E-state index is 12.1. The zero-order chi connectivity index (χ0) is 12.1. The Morgan fingerprint density at radius 2 is 2.19 bits per heavy atom. The van der Waals surface area contributed by atoms with Gasteiger partial charge < -0.3 is 15.4 Å². The molecular formula is C12H24N2O2. The summed E-state index contributed by atoms with van der Waals surface area (Å²) in [7, 11) is 0. The quantitative estimate of drug-likeness (QED) is 0.763. The third-order valence-electron chi connectivity index (χ3n) is 2.92. The van der Waals surface area contributed by atoms with Gasteiger partial charge in [-0.05, 0) is 25.7 Å². The second-order valence-electron chi connectivity index (χ2n) is 4.83. The number of carbonyl (C=O) groups is 1. The van der Waals surface area contributed by atoms with Crippen molar-refractivity contribution in [1.29, 1.82) is 0 Å². The largest absolute Gasteiger partial charge is 0.364 e. The Kier molecular flexibility index (Phi) is 5.22. The number of ether oxygens (including phenoxy) is 1. The minimum Gasteiger partial charge on any atom is -0.364 e. The third kappa shape index (κ3) is 3.46. The van der Waals surface area contributed by atoms with Crippen molar-refractivity contribution in [2.75, 3.05) is 19.6 Å². The summed E-state index contributed by atoms with van der Waals surface area (Å²) in [5.41, 5.74) is 5.54. The minimum atomic E-state index is -0.257. The Labute approximate surface area is 98.1 Å². The lowest BCUT2D eigenvalue weighted by atomic mass is 10.1. The molecule has 2 unspecified atom stereocenters. The number of amides is 1. The van der Waals surface area contributed by atoms with E-state index in [9.17, 15) is 4.79 Å². The van der Waals surface area contributed by atoms with Crippen molar-refractivity contribution in [2.24, 2.45) is 11.7 Å². The molecule has 0 aromatic heterocycles. The molecule has 94 valence electrons. The smallest absolute Gasteiger partial charge is 0.251 e. The van der Waals surface area contributed by atoms with Crippen molar-refractivity contribution in [3.8, 4) is 0 Å². The Bertz CT molecular complexity index is 231. The molecule has 1 fully saturated rings. The standard InChI is InChI=1S/C12H24N2O2/c1-4-14(8-9(2)3)12(15)11-6-5-10(7-13)16-11/h9-11H,4-8,13H2,1-3H3. The Morgan fingerprint density at radius 1 is 1.50 bits per heavy atom. The fourth-order valence-corrected chi connectivity index (χ4v) is 2.08. The van der Waals surface area contributed by atoms with Crippen molar-refractivity contribution in [3.05, 3.63) is 0 Å². The molecular weight excluding hydrogens is 204 g/mol. The summed E-state index contributed by atoms with van der Waals surface area (Å²) in [5.74, 6) is 0.628. The van der Waals surface area contributed by atoms with E-state index in [1.54, 1.807) is 0 Å². The summed E-state index contributed by atoms with van der Waals surface area (Å²) < 4.78 is 5.62. The van der Waals surface area contributed by atoms with E-state index in [0.717, 1.165) is 25.9 Å². The predicted molar refractivity (Wildman–Crippen MR) is 64.0 cm³/mol. The molecule has 0 radical (unpaired) electrons. The van der Waals surface area contributed by atoms with Gasteiger partial charge in [0.2, 0.25) is 0 Å². The van der Waals surface area contributed by atoms with Crippen LogP contribution in [0, 0.1) is 5.92 Å². The van der Waals surface area contributed by atoms with Crippen molar-refractivity contribution in [1.82, 2.24) is 4.90 Å². The van der Waals surface area contributed by atoms with Crippen molar-refractivity contribution < 1.29 is 9.53 Å². The van der Waals surface area contributed by atoms with Crippen molar-refractivity contribution in [3.63, 3.8) is 0 Å². The van der Waals surface area contributed by atoms with Gasteiger partial charge in [0.05, 0.1) is 6.10 Å². The highest BCUT2D eigenvalue weighted by atomic mass is 16.5. The lowest BCUT2D eigenvalue weighted by molar-refractivity contribution is -0.143. The zero-order valence-corrected chi connectivity index (χ0v) is 10.6. The maximum absolute atomic E-state index is 12.1. The first kappa shape index (κ1) is 13.5. The molecule has 1 heterocycles. The van der Waals surface area contributed by atoms with Gasteiger partial charge in [0.15, 0.2) is 0 Å². The van der Waals surface area contributed by atoms with E-state index in [-0.39, 0.29) is 18.1 Å². The van der Waals surface area contributed by atoms with Crippen LogP contribution in [0.3, 0.4) is 0 Å². The molecule has 1 aliphatic heterocycles. The Hall–Kier alpha value is -0.610. The van der Waals surface area contributed by atoms with Crippen LogP contribution in [0.5, 0.6) is 0 Å². The molecule has 1 rings (SSSR count). The molecule has 4 nitrogen and oxygen atoms in total. The zero-order valence-electron chi connectivity index (χ0n) is 10.6. The molecule has 4 heteroatoms. The van der Waals surface area contributed by atoms with Crippen LogP contribution in [0.25, 0.3) is 0 Å². The number of hydrogen-bond donors (Lipinski definition) is 1. The highest BCUT2D eigenvalue weighted by Gasteiger charge is 2.32. The Balaban J connectivity index is 2.49. The summed E-state index contributed by atoms with van der Waals surface area (Å²) in [4.78, 5) is 14.0. The third-order valence-corrected chi connectivity index (χ3v) is 2.92. The van der Waals surface area contributed by atoms with Gasteiger partial charge >= 0.3 is 0 Å². The van der Waals surface area contributed by atoms with Crippen LogP contribution >= 0.6 is 0 Å². The summed E-state index contributed by atoms with van der Waals surface area (Å²) in [6.45, 7) is 8.32. The summed E-state index contributed by atoms with van der Waals surface area (Å²) >= 11 is 0. The molecule has 1 saturated heterocycles. The summed E-state index contributed by atoms with van der Waals surface area (Å²) in [6.07, 6.45) is 1.54. The van der Waals surface area contributed by atoms with Gasteiger partial charge in [-0.2, -0.15) is 0 Å². The minimum absolute atomic E-state index is 0.0757. The molecule has 16 heavy (non-hydrogen) atoms.